The molecule has 3 heterocycles. The van der Waals surface area contributed by atoms with Crippen LogP contribution in [0.5, 0.6) is 0 Å². The Morgan fingerprint density at radius 2 is 2.10 bits per heavy atom. The molecule has 0 saturated carbocycles. The third-order valence-electron chi connectivity index (χ3n) is 4.67. The molecule has 1 N–H and O–H groups in total. The molecule has 1 saturated heterocycles. The predicted molar refractivity (Wildman–Crippen MR) is 103 cm³/mol. The fourth-order valence-electron chi connectivity index (χ4n) is 3.26. The molecule has 10 heteroatoms. The van der Waals surface area contributed by atoms with E-state index < -0.39 is 11.7 Å². The lowest BCUT2D eigenvalue weighted by Gasteiger charge is -2.31. The Bertz CT molecular complexity index is 1030. The van der Waals surface area contributed by atoms with Crippen molar-refractivity contribution in [2.24, 2.45) is 0 Å². The molecule has 1 aromatic carbocycles. The van der Waals surface area contributed by atoms with Crippen LogP contribution in [0.25, 0.3) is 16.3 Å². The van der Waals surface area contributed by atoms with Crippen LogP contribution in [-0.4, -0.2) is 51.2 Å². The van der Waals surface area contributed by atoms with Crippen LogP contribution in [-0.2, 0) is 6.18 Å². The first kappa shape index (κ1) is 19.6. The van der Waals surface area contributed by atoms with Gasteiger partial charge in [0, 0.05) is 42.8 Å². The van der Waals surface area contributed by atoms with Crippen LogP contribution in [0.2, 0.25) is 0 Å². The molecule has 0 unspecified atom stereocenters. The second kappa shape index (κ2) is 7.60. The molecule has 0 radical (unpaired) electrons. The number of carbonyl (C=O) groups excluding carboxylic acids is 1. The number of benzene rings is 1. The fourth-order valence-corrected chi connectivity index (χ4v) is 4.03. The summed E-state index contributed by atoms with van der Waals surface area (Å²) in [6.07, 6.45) is -1.54. The third kappa shape index (κ3) is 4.03. The quantitative estimate of drug-likeness (QED) is 0.704. The Labute approximate surface area is 169 Å². The number of nitrogens with zero attached hydrogens (tertiary/aromatic N) is 4. The number of carbonyl (C=O) groups is 1. The zero-order valence-electron chi connectivity index (χ0n) is 15.5. The largest absolute Gasteiger partial charge is 0.418 e. The molecule has 1 aliphatic heterocycles. The first-order valence-corrected chi connectivity index (χ1v) is 9.91. The molecule has 1 amide bonds. The van der Waals surface area contributed by atoms with Gasteiger partial charge in [-0.05, 0) is 19.1 Å². The summed E-state index contributed by atoms with van der Waals surface area (Å²) >= 11 is 1.26. The van der Waals surface area contributed by atoms with Crippen LogP contribution in [0.3, 0.4) is 0 Å². The highest BCUT2D eigenvalue weighted by Gasteiger charge is 2.34. The maximum absolute atomic E-state index is 13.3. The number of rotatable bonds is 3. The van der Waals surface area contributed by atoms with Gasteiger partial charge >= 0.3 is 6.18 Å². The van der Waals surface area contributed by atoms with Crippen molar-refractivity contribution >= 4 is 17.2 Å². The summed E-state index contributed by atoms with van der Waals surface area (Å²) in [4.78, 5) is 18.8. The Balaban J connectivity index is 1.58. The number of halogens is 3. The van der Waals surface area contributed by atoms with E-state index >= 15 is 0 Å². The molecule has 3 aromatic rings. The summed E-state index contributed by atoms with van der Waals surface area (Å²) in [7, 11) is 0. The minimum Gasteiger partial charge on any atom is -0.334 e. The van der Waals surface area contributed by atoms with Crippen molar-refractivity contribution in [1.29, 1.82) is 0 Å². The number of alkyl halides is 3. The molecule has 1 aliphatic rings. The van der Waals surface area contributed by atoms with E-state index in [1.54, 1.807) is 10.3 Å². The van der Waals surface area contributed by atoms with E-state index in [9.17, 15) is 18.0 Å². The lowest BCUT2D eigenvalue weighted by Crippen LogP contribution is -2.51. The first-order chi connectivity index (χ1) is 13.8. The van der Waals surface area contributed by atoms with E-state index in [4.69, 9.17) is 0 Å². The highest BCUT2D eigenvalue weighted by molar-refractivity contribution is 7.13. The third-order valence-corrected chi connectivity index (χ3v) is 5.56. The van der Waals surface area contributed by atoms with E-state index in [1.807, 2.05) is 6.92 Å². The monoisotopic (exact) mass is 421 g/mol. The first-order valence-electron chi connectivity index (χ1n) is 9.03. The Morgan fingerprint density at radius 1 is 1.31 bits per heavy atom. The van der Waals surface area contributed by atoms with Gasteiger partial charge in [-0.15, -0.1) is 11.3 Å². The number of aromatic nitrogens is 3. The Morgan fingerprint density at radius 3 is 2.86 bits per heavy atom. The number of thiazole rings is 1. The highest BCUT2D eigenvalue weighted by atomic mass is 32.1. The summed E-state index contributed by atoms with van der Waals surface area (Å²) < 4.78 is 41.0. The maximum atomic E-state index is 13.3. The number of hydrogen-bond acceptors (Lipinski definition) is 5. The average Bonchev–Trinajstić information content (AvgIpc) is 3.36. The molecule has 0 spiro atoms. The lowest BCUT2D eigenvalue weighted by atomic mass is 10.1. The normalized spacial score (nSPS) is 17.5. The summed E-state index contributed by atoms with van der Waals surface area (Å²) in [5.74, 6) is -0.143. The topological polar surface area (TPSA) is 63.1 Å². The van der Waals surface area contributed by atoms with Gasteiger partial charge in [-0.3, -0.25) is 4.79 Å². The molecule has 0 aliphatic carbocycles. The summed E-state index contributed by atoms with van der Waals surface area (Å²) in [6, 6.07) is 5.47. The van der Waals surface area contributed by atoms with Gasteiger partial charge in [-0.1, -0.05) is 12.1 Å². The Kier molecular flexibility index (Phi) is 5.13. The second-order valence-corrected chi connectivity index (χ2v) is 7.69. The molecule has 2 aromatic heterocycles. The number of nitrogens with one attached hydrogen (secondary N) is 1. The SMILES string of the molecule is C[C@H]1CN(C(=O)c2csc(-c3cnn(-c4ccccc4C(F)(F)F)c3)n2)CCN1. The van der Waals surface area contributed by atoms with Gasteiger partial charge in [0.05, 0.1) is 17.4 Å². The van der Waals surface area contributed by atoms with Crippen molar-refractivity contribution in [3.63, 3.8) is 0 Å². The van der Waals surface area contributed by atoms with Crippen molar-refractivity contribution in [2.75, 3.05) is 19.6 Å². The summed E-state index contributed by atoms with van der Waals surface area (Å²) in [5, 5.41) is 9.56. The van der Waals surface area contributed by atoms with Crippen molar-refractivity contribution in [3.8, 4) is 16.3 Å². The summed E-state index contributed by atoms with van der Waals surface area (Å²) in [5.41, 5.74) is 0.0636. The minimum absolute atomic E-state index is 0.0612. The van der Waals surface area contributed by atoms with E-state index in [0.717, 1.165) is 12.6 Å². The summed E-state index contributed by atoms with van der Waals surface area (Å²) in [6.45, 7) is 3.97. The van der Waals surface area contributed by atoms with Gasteiger partial charge in [0.2, 0.25) is 0 Å². The lowest BCUT2D eigenvalue weighted by molar-refractivity contribution is -0.137. The van der Waals surface area contributed by atoms with Crippen molar-refractivity contribution < 1.29 is 18.0 Å². The molecular weight excluding hydrogens is 403 g/mol. The van der Waals surface area contributed by atoms with Gasteiger partial charge in [-0.25, -0.2) is 9.67 Å². The van der Waals surface area contributed by atoms with E-state index in [0.29, 0.717) is 29.4 Å². The van der Waals surface area contributed by atoms with Crippen LogP contribution in [0, 0.1) is 0 Å². The number of amides is 1. The molecular formula is C19H18F3N5OS. The smallest absolute Gasteiger partial charge is 0.334 e. The molecule has 6 nitrogen and oxygen atoms in total. The average molecular weight is 421 g/mol. The molecule has 1 atom stereocenters. The van der Waals surface area contributed by atoms with Gasteiger partial charge < -0.3 is 10.2 Å². The van der Waals surface area contributed by atoms with E-state index in [2.05, 4.69) is 15.4 Å². The number of piperazine rings is 1. The van der Waals surface area contributed by atoms with Crippen LogP contribution < -0.4 is 5.32 Å². The minimum atomic E-state index is -4.48. The molecule has 152 valence electrons. The second-order valence-electron chi connectivity index (χ2n) is 6.83. The van der Waals surface area contributed by atoms with Crippen molar-refractivity contribution in [2.45, 2.75) is 19.1 Å². The van der Waals surface area contributed by atoms with Gasteiger partial charge in [0.1, 0.15) is 10.7 Å². The van der Waals surface area contributed by atoms with Gasteiger partial charge in [-0.2, -0.15) is 18.3 Å². The van der Waals surface area contributed by atoms with Crippen LogP contribution in [0.15, 0.2) is 42.0 Å². The van der Waals surface area contributed by atoms with Crippen molar-refractivity contribution in [1.82, 2.24) is 25.0 Å². The van der Waals surface area contributed by atoms with E-state index in [1.165, 1.54) is 46.6 Å². The maximum Gasteiger partial charge on any atom is 0.418 e. The number of hydrogen-bond donors (Lipinski definition) is 1. The van der Waals surface area contributed by atoms with E-state index in [-0.39, 0.29) is 17.6 Å². The molecule has 1 fully saturated rings. The van der Waals surface area contributed by atoms with Crippen LogP contribution >= 0.6 is 11.3 Å². The molecule has 29 heavy (non-hydrogen) atoms. The zero-order valence-corrected chi connectivity index (χ0v) is 16.3. The molecule has 0 bridgehead atoms. The Hall–Kier alpha value is -2.72. The van der Waals surface area contributed by atoms with Gasteiger partial charge in [0.25, 0.3) is 5.91 Å². The fraction of sp³-hybridized carbons (Fsp3) is 0.316. The van der Waals surface area contributed by atoms with Crippen molar-refractivity contribution in [3.05, 3.63) is 53.3 Å². The number of para-hydroxylation sites is 1. The van der Waals surface area contributed by atoms with Crippen LogP contribution in [0.1, 0.15) is 23.0 Å². The standard InChI is InChI=1S/C19H18F3N5OS/c1-12-9-26(7-6-23-12)18(28)15-11-29-17(25-15)13-8-24-27(10-13)16-5-3-2-4-14(16)19(20,21)22/h2-5,8,10-12,23H,6-7,9H2,1H3/t12-/m0/s1. The highest BCUT2D eigenvalue weighted by Crippen LogP contribution is 2.34. The zero-order chi connectivity index (χ0) is 20.6. The molecule has 4 rings (SSSR count). The van der Waals surface area contributed by atoms with Gasteiger partial charge in [0.15, 0.2) is 0 Å². The van der Waals surface area contributed by atoms with Crippen LogP contribution in [0.4, 0.5) is 13.2 Å². The predicted octanol–water partition coefficient (Wildman–Crippen LogP) is 3.45.